The van der Waals surface area contributed by atoms with E-state index >= 15 is 0 Å². The SMILES string of the molecule is CC(=O)N1CCC(c2nnc(C)o2)C1. The Kier molecular flexibility index (Phi) is 2.23. The monoisotopic (exact) mass is 195 g/mol. The van der Waals surface area contributed by atoms with Gasteiger partial charge in [-0.15, -0.1) is 10.2 Å². The van der Waals surface area contributed by atoms with E-state index in [1.54, 1.807) is 13.8 Å². The lowest BCUT2D eigenvalue weighted by Crippen LogP contribution is -2.25. The van der Waals surface area contributed by atoms with E-state index in [0.29, 0.717) is 18.3 Å². The van der Waals surface area contributed by atoms with E-state index in [0.717, 1.165) is 13.0 Å². The first-order valence-electron chi connectivity index (χ1n) is 4.72. The highest BCUT2D eigenvalue weighted by molar-refractivity contribution is 5.73. The van der Waals surface area contributed by atoms with Gasteiger partial charge in [-0.05, 0) is 6.42 Å². The lowest BCUT2D eigenvalue weighted by Gasteiger charge is -2.11. The lowest BCUT2D eigenvalue weighted by molar-refractivity contribution is -0.127. The second-order valence-corrected chi connectivity index (χ2v) is 3.61. The van der Waals surface area contributed by atoms with E-state index in [1.807, 2.05) is 4.90 Å². The van der Waals surface area contributed by atoms with Crippen molar-refractivity contribution in [2.24, 2.45) is 0 Å². The van der Waals surface area contributed by atoms with Crippen LogP contribution in [0.3, 0.4) is 0 Å². The van der Waals surface area contributed by atoms with Gasteiger partial charge in [-0.2, -0.15) is 0 Å². The van der Waals surface area contributed by atoms with E-state index in [-0.39, 0.29) is 11.8 Å². The fourth-order valence-corrected chi connectivity index (χ4v) is 1.72. The quantitative estimate of drug-likeness (QED) is 0.662. The van der Waals surface area contributed by atoms with Crippen LogP contribution in [0.1, 0.15) is 31.0 Å². The summed E-state index contributed by atoms with van der Waals surface area (Å²) in [7, 11) is 0. The maximum atomic E-state index is 11.1. The lowest BCUT2D eigenvalue weighted by atomic mass is 10.1. The molecule has 76 valence electrons. The van der Waals surface area contributed by atoms with Crippen molar-refractivity contribution in [2.45, 2.75) is 26.2 Å². The third-order valence-corrected chi connectivity index (χ3v) is 2.52. The van der Waals surface area contributed by atoms with Crippen LogP contribution in [0.4, 0.5) is 0 Å². The van der Waals surface area contributed by atoms with E-state index < -0.39 is 0 Å². The van der Waals surface area contributed by atoms with Crippen molar-refractivity contribution in [3.8, 4) is 0 Å². The summed E-state index contributed by atoms with van der Waals surface area (Å²) in [5.74, 6) is 1.58. The normalized spacial score (nSPS) is 21.6. The second kappa shape index (κ2) is 3.40. The van der Waals surface area contributed by atoms with Gasteiger partial charge >= 0.3 is 0 Å². The number of carbonyl (C=O) groups is 1. The van der Waals surface area contributed by atoms with Crippen LogP contribution in [0.5, 0.6) is 0 Å². The molecule has 1 unspecified atom stereocenters. The molecular weight excluding hydrogens is 182 g/mol. The van der Waals surface area contributed by atoms with E-state index in [4.69, 9.17) is 4.42 Å². The smallest absolute Gasteiger partial charge is 0.221 e. The Hall–Kier alpha value is -1.39. The van der Waals surface area contributed by atoms with Gasteiger partial charge in [0.2, 0.25) is 17.7 Å². The second-order valence-electron chi connectivity index (χ2n) is 3.61. The molecule has 14 heavy (non-hydrogen) atoms. The highest BCUT2D eigenvalue weighted by atomic mass is 16.4. The Morgan fingerprint density at radius 2 is 2.36 bits per heavy atom. The van der Waals surface area contributed by atoms with Crippen LogP contribution < -0.4 is 0 Å². The number of aromatic nitrogens is 2. The molecule has 1 fully saturated rings. The first-order chi connectivity index (χ1) is 6.66. The molecule has 1 aromatic rings. The molecule has 0 saturated carbocycles. The zero-order chi connectivity index (χ0) is 10.1. The summed E-state index contributed by atoms with van der Waals surface area (Å²) in [6.07, 6.45) is 0.918. The van der Waals surface area contributed by atoms with Crippen LogP contribution in [0.25, 0.3) is 0 Å². The van der Waals surface area contributed by atoms with Crippen molar-refractivity contribution < 1.29 is 9.21 Å². The minimum atomic E-state index is 0.115. The molecule has 0 aliphatic carbocycles. The van der Waals surface area contributed by atoms with Crippen molar-refractivity contribution >= 4 is 5.91 Å². The standard InChI is InChI=1S/C9H13N3O2/c1-6-10-11-9(14-6)8-3-4-12(5-8)7(2)13/h8H,3-5H2,1-2H3. The van der Waals surface area contributed by atoms with Crippen LogP contribution in [0.2, 0.25) is 0 Å². The van der Waals surface area contributed by atoms with Crippen LogP contribution in [-0.4, -0.2) is 34.1 Å². The topological polar surface area (TPSA) is 59.2 Å². The molecule has 1 saturated heterocycles. The minimum absolute atomic E-state index is 0.115. The van der Waals surface area contributed by atoms with Gasteiger partial charge in [0.05, 0.1) is 5.92 Å². The zero-order valence-electron chi connectivity index (χ0n) is 8.36. The van der Waals surface area contributed by atoms with Gasteiger partial charge in [-0.25, -0.2) is 0 Å². The Morgan fingerprint density at radius 1 is 1.57 bits per heavy atom. The van der Waals surface area contributed by atoms with Crippen molar-refractivity contribution in [3.63, 3.8) is 0 Å². The summed E-state index contributed by atoms with van der Waals surface area (Å²) < 4.78 is 5.34. The van der Waals surface area contributed by atoms with Gasteiger partial charge in [-0.1, -0.05) is 0 Å². The number of nitrogens with zero attached hydrogens (tertiary/aromatic N) is 3. The number of rotatable bonds is 1. The average molecular weight is 195 g/mol. The molecule has 1 aromatic heterocycles. The Morgan fingerprint density at radius 3 is 2.86 bits per heavy atom. The number of likely N-dealkylation sites (tertiary alicyclic amines) is 1. The van der Waals surface area contributed by atoms with Crippen molar-refractivity contribution in [3.05, 3.63) is 11.8 Å². The molecule has 1 aliphatic rings. The first-order valence-corrected chi connectivity index (χ1v) is 4.72. The Labute approximate surface area is 82.1 Å². The van der Waals surface area contributed by atoms with Gasteiger partial charge in [0.15, 0.2) is 0 Å². The summed E-state index contributed by atoms with van der Waals surface area (Å²) >= 11 is 0. The minimum Gasteiger partial charge on any atom is -0.425 e. The molecule has 5 heteroatoms. The highest BCUT2D eigenvalue weighted by Crippen LogP contribution is 2.25. The molecule has 2 heterocycles. The van der Waals surface area contributed by atoms with Crippen molar-refractivity contribution in [1.82, 2.24) is 15.1 Å². The van der Waals surface area contributed by atoms with E-state index in [1.165, 1.54) is 0 Å². The molecule has 0 radical (unpaired) electrons. The predicted molar refractivity (Wildman–Crippen MR) is 48.6 cm³/mol. The van der Waals surface area contributed by atoms with Crippen LogP contribution >= 0.6 is 0 Å². The number of hydrogen-bond acceptors (Lipinski definition) is 4. The third kappa shape index (κ3) is 1.62. The molecule has 5 nitrogen and oxygen atoms in total. The zero-order valence-corrected chi connectivity index (χ0v) is 8.36. The summed E-state index contributed by atoms with van der Waals surface area (Å²) in [4.78, 5) is 12.9. The third-order valence-electron chi connectivity index (χ3n) is 2.52. The van der Waals surface area contributed by atoms with Crippen LogP contribution in [0.15, 0.2) is 4.42 Å². The maximum absolute atomic E-state index is 11.1. The van der Waals surface area contributed by atoms with E-state index in [2.05, 4.69) is 10.2 Å². The van der Waals surface area contributed by atoms with Gasteiger partial charge in [0.1, 0.15) is 0 Å². The van der Waals surface area contributed by atoms with Crippen molar-refractivity contribution in [2.75, 3.05) is 13.1 Å². The molecule has 1 aliphatic heterocycles. The number of hydrogen-bond donors (Lipinski definition) is 0. The van der Waals surface area contributed by atoms with Gasteiger partial charge < -0.3 is 9.32 Å². The van der Waals surface area contributed by atoms with Crippen LogP contribution in [0, 0.1) is 6.92 Å². The molecule has 1 amide bonds. The molecule has 0 bridgehead atoms. The molecule has 2 rings (SSSR count). The molecular formula is C9H13N3O2. The molecule has 0 aromatic carbocycles. The Bertz CT molecular complexity index is 348. The molecule has 0 spiro atoms. The Balaban J connectivity index is 2.05. The van der Waals surface area contributed by atoms with Crippen LogP contribution in [-0.2, 0) is 4.79 Å². The first kappa shape index (κ1) is 9.18. The number of aryl methyl sites for hydroxylation is 1. The van der Waals surface area contributed by atoms with Gasteiger partial charge in [0.25, 0.3) is 0 Å². The average Bonchev–Trinajstić information content (AvgIpc) is 2.70. The highest BCUT2D eigenvalue weighted by Gasteiger charge is 2.28. The maximum Gasteiger partial charge on any atom is 0.221 e. The fraction of sp³-hybridized carbons (Fsp3) is 0.667. The summed E-state index contributed by atoms with van der Waals surface area (Å²) in [5, 5.41) is 7.75. The molecule has 1 atom stereocenters. The summed E-state index contributed by atoms with van der Waals surface area (Å²) in [6.45, 7) is 4.86. The summed E-state index contributed by atoms with van der Waals surface area (Å²) in [6, 6.07) is 0. The fourth-order valence-electron chi connectivity index (χ4n) is 1.72. The van der Waals surface area contributed by atoms with Crippen molar-refractivity contribution in [1.29, 1.82) is 0 Å². The van der Waals surface area contributed by atoms with Gasteiger partial charge in [-0.3, -0.25) is 4.79 Å². The predicted octanol–water partition coefficient (Wildman–Crippen LogP) is 0.714. The number of carbonyl (C=O) groups excluding carboxylic acids is 1. The summed E-state index contributed by atoms with van der Waals surface area (Å²) in [5.41, 5.74) is 0. The van der Waals surface area contributed by atoms with E-state index in [9.17, 15) is 4.79 Å². The largest absolute Gasteiger partial charge is 0.425 e. The number of amides is 1. The molecule has 0 N–H and O–H groups in total. The van der Waals surface area contributed by atoms with Gasteiger partial charge in [0, 0.05) is 26.9 Å².